The molecule has 0 saturated carbocycles. The predicted molar refractivity (Wildman–Crippen MR) is 416 cm³/mol. The van der Waals surface area contributed by atoms with Crippen LogP contribution in [-0.2, 0) is 45.4 Å². The van der Waals surface area contributed by atoms with Gasteiger partial charge in [0.15, 0.2) is 0 Å². The van der Waals surface area contributed by atoms with Crippen LogP contribution in [0.3, 0.4) is 0 Å². The Morgan fingerprint density at radius 2 is 0.598 bits per heavy atom. The summed E-state index contributed by atoms with van der Waals surface area (Å²) in [6.45, 7) is 4.24. The Bertz CT molecular complexity index is 4290. The molecule has 6 aromatic heterocycles. The first kappa shape index (κ1) is 82.2. The number of carbonyl (C=O) groups is 4. The molecule has 6 heterocycles. The van der Waals surface area contributed by atoms with E-state index in [1.807, 2.05) is 103 Å². The number of hydrogen-bond donors (Lipinski definition) is 0. The number of halogens is 4. The van der Waals surface area contributed by atoms with Crippen LogP contribution in [0.25, 0.3) is 0 Å². The third-order valence-corrected chi connectivity index (χ3v) is 15.8. The third kappa shape index (κ3) is 25.1. The van der Waals surface area contributed by atoms with Crippen molar-refractivity contribution in [2.24, 2.45) is 0 Å². The van der Waals surface area contributed by atoms with Crippen LogP contribution >= 0.6 is 0 Å². The summed E-state index contributed by atoms with van der Waals surface area (Å²) in [6, 6.07) is 66.5. The number of benzene rings is 6. The maximum absolute atomic E-state index is 12.5. The van der Waals surface area contributed by atoms with Crippen molar-refractivity contribution in [2.45, 2.75) is 53.9 Å². The fraction of sp³-hybridized carbons (Fsp3) is 0.188. The van der Waals surface area contributed by atoms with Gasteiger partial charge in [-0.25, -0.2) is 42.5 Å². The maximum atomic E-state index is 12.5. The van der Waals surface area contributed by atoms with E-state index in [2.05, 4.69) is 34.9 Å². The lowest BCUT2D eigenvalue weighted by Gasteiger charge is -2.24. The number of rotatable bonds is 32. The summed E-state index contributed by atoms with van der Waals surface area (Å²) in [5.74, 6) is 4.66. The molecule has 0 aliphatic carbocycles. The van der Waals surface area contributed by atoms with Crippen molar-refractivity contribution in [3.05, 3.63) is 296 Å². The molecule has 0 aliphatic heterocycles. The molecule has 0 fully saturated rings. The number of aromatic nitrogens is 7. The van der Waals surface area contributed by atoms with Crippen molar-refractivity contribution < 1.29 is 74.6 Å². The van der Waals surface area contributed by atoms with Gasteiger partial charge in [0.25, 0.3) is 0 Å². The van der Waals surface area contributed by atoms with E-state index < -0.39 is 26.7 Å². The summed E-state index contributed by atoms with van der Waals surface area (Å²) in [7, 11) is 0. The summed E-state index contributed by atoms with van der Waals surface area (Å²) in [6.07, 6.45) is 12.5. The zero-order valence-electron chi connectivity index (χ0n) is 61.8. The van der Waals surface area contributed by atoms with Crippen molar-refractivity contribution in [3.63, 3.8) is 0 Å². The van der Waals surface area contributed by atoms with Crippen molar-refractivity contribution in [2.75, 3.05) is 72.7 Å². The van der Waals surface area contributed by atoms with E-state index in [0.717, 1.165) is 22.3 Å². The van der Waals surface area contributed by atoms with Crippen molar-refractivity contribution in [1.29, 1.82) is 0 Å². The SMILES string of the molecule is CC(=O)N(Cc1ccccc1OCC[18F])c1cccnc1Oc1ccccc1.CC(=O)N(Cc1ccccc1OCC[18F])c1cccnc1Oc1ccccn1.CC(=O)N(Cc1ccccc1OCC[18F])c1cccnc1Oc1ccncc1.CC(=O)N(Cc1ccccc1OCC[18F])c1cncnc1Oc1ccccc1. The minimum atomic E-state index is -0.591. The number of alkyl halides is 4. The normalized spacial score (nSPS) is 10.4. The molecule has 0 unspecified atom stereocenters. The molecule has 12 rings (SSSR count). The highest BCUT2D eigenvalue weighted by Crippen LogP contribution is 2.37. The summed E-state index contributed by atoms with van der Waals surface area (Å²) in [5.41, 5.74) is 5.00. The van der Waals surface area contributed by atoms with E-state index >= 15 is 0 Å². The molecule has 12 aromatic rings. The Balaban J connectivity index is 0.000000171. The Hall–Kier alpha value is -13.9. The second kappa shape index (κ2) is 44.4. The molecule has 112 heavy (non-hydrogen) atoms. The van der Waals surface area contributed by atoms with Crippen LogP contribution in [0.5, 0.6) is 69.6 Å². The number of anilines is 4. The summed E-state index contributed by atoms with van der Waals surface area (Å²) in [4.78, 5) is 84.9. The number of amides is 4. The molecule has 4 amide bonds. The third-order valence-electron chi connectivity index (χ3n) is 15.8. The highest BCUT2D eigenvalue weighted by atomic mass is 18.2. The van der Waals surface area contributed by atoms with Crippen LogP contribution < -0.4 is 57.5 Å². The second-order valence-corrected chi connectivity index (χ2v) is 23.6. The van der Waals surface area contributed by atoms with Gasteiger partial charge in [-0.15, -0.1) is 0 Å². The fourth-order valence-electron chi connectivity index (χ4n) is 10.6. The van der Waals surface area contributed by atoms with E-state index in [1.54, 1.807) is 168 Å². The van der Waals surface area contributed by atoms with Gasteiger partial charge in [0.2, 0.25) is 53.0 Å². The van der Waals surface area contributed by atoms with Crippen LogP contribution in [0.15, 0.2) is 274 Å². The summed E-state index contributed by atoms with van der Waals surface area (Å²) in [5, 5.41) is 0. The van der Waals surface area contributed by atoms with Crippen molar-refractivity contribution in [3.8, 4) is 69.6 Å². The van der Waals surface area contributed by atoms with Gasteiger partial charge >= 0.3 is 0 Å². The quantitative estimate of drug-likeness (QED) is 0.0356. The smallest absolute Gasteiger partial charge is 0.246 e. The number of hydrogen-bond acceptors (Lipinski definition) is 19. The minimum absolute atomic E-state index is 0.0354. The molecule has 576 valence electrons. The van der Waals surface area contributed by atoms with E-state index in [-0.39, 0.29) is 88.0 Å². The maximum Gasteiger partial charge on any atom is 0.246 e. The highest BCUT2D eigenvalue weighted by molar-refractivity contribution is 5.95. The average Bonchev–Trinajstić information content (AvgIpc) is 0.833. The monoisotopic (exact) mass is 1520 g/mol. The lowest BCUT2D eigenvalue weighted by Crippen LogP contribution is -2.28. The number of nitrogens with zero attached hydrogens (tertiary/aromatic N) is 11. The van der Waals surface area contributed by atoms with E-state index in [9.17, 15) is 36.7 Å². The second-order valence-electron chi connectivity index (χ2n) is 23.6. The number of para-hydroxylation sites is 6. The predicted octanol–water partition coefficient (Wildman–Crippen LogP) is 17.3. The molecule has 0 bridgehead atoms. The molecule has 23 nitrogen and oxygen atoms in total. The number of ether oxygens (including phenoxy) is 8. The molecule has 0 saturated heterocycles. The molecular weight excluding hydrogens is 1440 g/mol. The van der Waals surface area contributed by atoms with Gasteiger partial charge in [0, 0.05) is 93.2 Å². The van der Waals surface area contributed by atoms with Crippen LogP contribution in [-0.4, -0.2) is 112 Å². The van der Waals surface area contributed by atoms with E-state index in [0.29, 0.717) is 80.6 Å². The van der Waals surface area contributed by atoms with Crippen LogP contribution in [0.1, 0.15) is 49.9 Å². The summed E-state index contributed by atoms with van der Waals surface area (Å²) >= 11 is 0. The molecule has 0 aliphatic rings. The Labute approximate surface area is 645 Å². The van der Waals surface area contributed by atoms with Gasteiger partial charge < -0.3 is 57.5 Å². The van der Waals surface area contributed by atoms with E-state index in [4.69, 9.17) is 37.9 Å². The lowest BCUT2D eigenvalue weighted by molar-refractivity contribution is -0.117. The van der Waals surface area contributed by atoms with Crippen LogP contribution in [0.4, 0.5) is 40.3 Å². The Kier molecular flexibility index (Phi) is 32.6. The fourth-order valence-corrected chi connectivity index (χ4v) is 10.6. The van der Waals surface area contributed by atoms with Gasteiger partial charge in [-0.3, -0.25) is 24.2 Å². The molecule has 0 radical (unpaired) electrons. The summed E-state index contributed by atoms with van der Waals surface area (Å²) < 4.78 is 95.2. The largest absolute Gasteiger partial charge is 0.491 e. The van der Waals surface area contributed by atoms with Crippen molar-refractivity contribution >= 4 is 46.4 Å². The average molecular weight is 1520 g/mol. The number of carbonyl (C=O) groups excluding carboxylic acids is 4. The first-order valence-electron chi connectivity index (χ1n) is 35.2. The van der Waals surface area contributed by atoms with Gasteiger partial charge in [-0.1, -0.05) is 115 Å². The van der Waals surface area contributed by atoms with E-state index in [1.165, 1.54) is 50.0 Å². The zero-order valence-corrected chi connectivity index (χ0v) is 61.8. The molecule has 27 heteroatoms. The van der Waals surface area contributed by atoms with Gasteiger partial charge in [-0.05, 0) is 103 Å². The first-order valence-corrected chi connectivity index (χ1v) is 35.2. The minimum Gasteiger partial charge on any atom is -0.491 e. The molecule has 0 atom stereocenters. The highest BCUT2D eigenvalue weighted by Gasteiger charge is 2.25. The van der Waals surface area contributed by atoms with Gasteiger partial charge in [0.1, 0.15) is 122 Å². The topological polar surface area (TPSA) is 245 Å². The lowest BCUT2D eigenvalue weighted by atomic mass is 10.1. The Morgan fingerprint density at radius 1 is 0.295 bits per heavy atom. The van der Waals surface area contributed by atoms with Crippen LogP contribution in [0, 0.1) is 0 Å². The zero-order chi connectivity index (χ0) is 79.1. The Morgan fingerprint density at radius 3 is 0.938 bits per heavy atom. The van der Waals surface area contributed by atoms with Crippen molar-refractivity contribution in [1.82, 2.24) is 34.9 Å². The first-order chi connectivity index (χ1) is 54.7. The molecular formula is C85H81F4N11O12. The van der Waals surface area contributed by atoms with Gasteiger partial charge in [-0.2, -0.15) is 4.98 Å². The van der Waals surface area contributed by atoms with Crippen LogP contribution in [0.2, 0.25) is 0 Å². The standard InChI is InChI=1S/C22H21FN2O3.3C21H20FN3O3/c1-17(26)25(16-18-8-5-6-12-21(18)27-15-13-23)20-11-7-14-24-22(20)28-19-9-3-2-4-10-19;1-16(26)25(15-17-7-2-3-9-19(17)27-14-11-22)18-8-6-13-24-21(18)28-20-10-4-5-12-23-20;1-16(26)25(15-17-5-2-3-7-20(17)27-14-10-22)19-6-4-11-24-21(19)28-18-8-12-23-13-9-18;1-16(26)25(14-17-7-5-6-10-20(17)27-12-11-22)19-13-23-15-24-21(19)28-18-8-3-2-4-9-18/h2-12,14H,13,15-16H2,1H3;2-10,12-13H,11,14-15H2,1H3;2-9,11-13H,10,14-15H2,1H3;2-10,13,15H,11-12,14H2,1H3/i23-1;3*22-1. The molecule has 6 aromatic carbocycles. The molecule has 0 N–H and O–H groups in total. The molecule has 0 spiro atoms. The van der Waals surface area contributed by atoms with Gasteiger partial charge in [0.05, 0.1) is 32.4 Å². The number of pyridine rings is 5.